The molecule has 2 atom stereocenters. The molecule has 2 unspecified atom stereocenters. The minimum Gasteiger partial charge on any atom is -0.369 e. The van der Waals surface area contributed by atoms with Crippen molar-refractivity contribution in [3.05, 3.63) is 34.9 Å². The van der Waals surface area contributed by atoms with E-state index in [4.69, 9.17) is 17.3 Å². The third-order valence-electron chi connectivity index (χ3n) is 2.45. The molecule has 1 aliphatic carbocycles. The number of halogens is 1. The first-order valence-corrected chi connectivity index (χ1v) is 4.61. The molecule has 0 radical (unpaired) electrons. The molecule has 1 aromatic rings. The molecule has 0 bridgehead atoms. The second-order valence-electron chi connectivity index (χ2n) is 3.40. The van der Waals surface area contributed by atoms with E-state index in [1.807, 2.05) is 24.3 Å². The fourth-order valence-electron chi connectivity index (χ4n) is 1.59. The van der Waals surface area contributed by atoms with E-state index < -0.39 is 0 Å². The Bertz CT molecular complexity index is 333. The smallest absolute Gasteiger partial charge is 0.221 e. The molecule has 1 aliphatic rings. The number of rotatable bonds is 2. The summed E-state index contributed by atoms with van der Waals surface area (Å²) < 4.78 is 0. The molecule has 1 amide bonds. The van der Waals surface area contributed by atoms with E-state index in [0.717, 1.165) is 17.0 Å². The Morgan fingerprint density at radius 2 is 2.00 bits per heavy atom. The van der Waals surface area contributed by atoms with Gasteiger partial charge in [0.1, 0.15) is 0 Å². The molecule has 1 saturated carbocycles. The van der Waals surface area contributed by atoms with Crippen LogP contribution in [0.25, 0.3) is 0 Å². The number of carbonyl (C=O) groups excluding carboxylic acids is 1. The zero-order chi connectivity index (χ0) is 9.42. The van der Waals surface area contributed by atoms with E-state index in [9.17, 15) is 4.79 Å². The highest BCUT2D eigenvalue weighted by molar-refractivity contribution is 6.30. The Balaban J connectivity index is 2.12. The maximum Gasteiger partial charge on any atom is 0.221 e. The zero-order valence-electron chi connectivity index (χ0n) is 7.03. The highest BCUT2D eigenvalue weighted by atomic mass is 35.5. The van der Waals surface area contributed by atoms with Gasteiger partial charge in [-0.1, -0.05) is 23.7 Å². The van der Waals surface area contributed by atoms with Gasteiger partial charge in [-0.2, -0.15) is 0 Å². The van der Waals surface area contributed by atoms with Crippen LogP contribution in [-0.2, 0) is 4.79 Å². The van der Waals surface area contributed by atoms with Crippen LogP contribution in [0.3, 0.4) is 0 Å². The zero-order valence-corrected chi connectivity index (χ0v) is 7.79. The molecule has 0 aromatic heterocycles. The molecule has 0 saturated heterocycles. The molecule has 2 nitrogen and oxygen atoms in total. The largest absolute Gasteiger partial charge is 0.369 e. The van der Waals surface area contributed by atoms with Crippen LogP contribution < -0.4 is 5.73 Å². The number of hydrogen-bond donors (Lipinski definition) is 1. The summed E-state index contributed by atoms with van der Waals surface area (Å²) in [6.45, 7) is 0. The van der Waals surface area contributed by atoms with E-state index in [0.29, 0.717) is 5.92 Å². The van der Waals surface area contributed by atoms with Crippen molar-refractivity contribution in [2.75, 3.05) is 0 Å². The van der Waals surface area contributed by atoms with Crippen LogP contribution >= 0.6 is 11.6 Å². The summed E-state index contributed by atoms with van der Waals surface area (Å²) in [7, 11) is 0. The maximum atomic E-state index is 10.8. The third-order valence-corrected chi connectivity index (χ3v) is 2.71. The summed E-state index contributed by atoms with van der Waals surface area (Å²) >= 11 is 5.74. The van der Waals surface area contributed by atoms with Gasteiger partial charge < -0.3 is 5.73 Å². The molecule has 13 heavy (non-hydrogen) atoms. The molecular weight excluding hydrogens is 186 g/mol. The van der Waals surface area contributed by atoms with Crippen LogP contribution in [0.1, 0.15) is 17.9 Å². The Labute approximate surface area is 81.7 Å². The molecule has 2 N–H and O–H groups in total. The molecule has 3 heteroatoms. The van der Waals surface area contributed by atoms with Crippen LogP contribution in [0.15, 0.2) is 24.3 Å². The third kappa shape index (κ3) is 1.68. The predicted octanol–water partition coefficient (Wildman–Crippen LogP) is 1.93. The molecule has 68 valence electrons. The number of primary amides is 1. The molecule has 1 aromatic carbocycles. The van der Waals surface area contributed by atoms with Crippen molar-refractivity contribution in [1.29, 1.82) is 0 Å². The minimum atomic E-state index is -0.194. The van der Waals surface area contributed by atoms with Gasteiger partial charge in [0.05, 0.1) is 0 Å². The SMILES string of the molecule is NC(=O)C1CC1c1ccc(Cl)cc1. The number of benzene rings is 1. The van der Waals surface area contributed by atoms with E-state index in [1.165, 1.54) is 0 Å². The van der Waals surface area contributed by atoms with Gasteiger partial charge in [0.15, 0.2) is 0 Å². The standard InChI is InChI=1S/C10H10ClNO/c11-7-3-1-6(2-4-7)8-5-9(8)10(12)13/h1-4,8-9H,5H2,(H2,12,13). The van der Waals surface area contributed by atoms with Gasteiger partial charge in [-0.25, -0.2) is 0 Å². The average molecular weight is 196 g/mol. The monoisotopic (exact) mass is 195 g/mol. The van der Waals surface area contributed by atoms with Crippen LogP contribution in [0.4, 0.5) is 0 Å². The summed E-state index contributed by atoms with van der Waals surface area (Å²) in [4.78, 5) is 10.8. The van der Waals surface area contributed by atoms with Gasteiger partial charge in [0, 0.05) is 10.9 Å². The van der Waals surface area contributed by atoms with Gasteiger partial charge in [-0.15, -0.1) is 0 Å². The second kappa shape index (κ2) is 3.04. The lowest BCUT2D eigenvalue weighted by Gasteiger charge is -1.97. The lowest BCUT2D eigenvalue weighted by Crippen LogP contribution is -2.13. The van der Waals surface area contributed by atoms with Crippen molar-refractivity contribution >= 4 is 17.5 Å². The molecule has 0 heterocycles. The molecule has 2 rings (SSSR count). The minimum absolute atomic E-state index is 0.0428. The fraction of sp³-hybridized carbons (Fsp3) is 0.300. The first-order chi connectivity index (χ1) is 6.18. The number of carbonyl (C=O) groups is 1. The second-order valence-corrected chi connectivity index (χ2v) is 3.84. The van der Waals surface area contributed by atoms with E-state index in [1.54, 1.807) is 0 Å². The lowest BCUT2D eigenvalue weighted by atomic mass is 10.1. The van der Waals surface area contributed by atoms with Crippen LogP contribution in [-0.4, -0.2) is 5.91 Å². The van der Waals surface area contributed by atoms with Crippen molar-refractivity contribution in [2.45, 2.75) is 12.3 Å². The number of nitrogens with two attached hydrogens (primary N) is 1. The number of hydrogen-bond acceptors (Lipinski definition) is 1. The van der Waals surface area contributed by atoms with Crippen LogP contribution in [0, 0.1) is 5.92 Å². The molecular formula is C10H10ClNO. The molecule has 0 spiro atoms. The van der Waals surface area contributed by atoms with E-state index >= 15 is 0 Å². The Morgan fingerprint density at radius 3 is 2.46 bits per heavy atom. The number of amides is 1. The van der Waals surface area contributed by atoms with Gasteiger partial charge >= 0.3 is 0 Å². The molecule has 0 aliphatic heterocycles. The quantitative estimate of drug-likeness (QED) is 0.770. The Hall–Kier alpha value is -1.02. The normalized spacial score (nSPS) is 25.6. The summed E-state index contributed by atoms with van der Waals surface area (Å²) in [5.74, 6) is 0.177. The van der Waals surface area contributed by atoms with Gasteiger partial charge in [-0.05, 0) is 30.0 Å². The summed E-state index contributed by atoms with van der Waals surface area (Å²) in [5.41, 5.74) is 6.35. The van der Waals surface area contributed by atoms with Crippen molar-refractivity contribution < 1.29 is 4.79 Å². The maximum absolute atomic E-state index is 10.8. The van der Waals surface area contributed by atoms with Crippen molar-refractivity contribution in [3.63, 3.8) is 0 Å². The predicted molar refractivity (Wildman–Crippen MR) is 51.5 cm³/mol. The van der Waals surface area contributed by atoms with Crippen LogP contribution in [0.5, 0.6) is 0 Å². The first-order valence-electron chi connectivity index (χ1n) is 4.23. The summed E-state index contributed by atoms with van der Waals surface area (Å²) in [6, 6.07) is 7.59. The van der Waals surface area contributed by atoms with Gasteiger partial charge in [0.2, 0.25) is 5.91 Å². The average Bonchev–Trinajstić information content (AvgIpc) is 2.85. The van der Waals surface area contributed by atoms with Crippen molar-refractivity contribution in [1.82, 2.24) is 0 Å². The summed E-state index contributed by atoms with van der Waals surface area (Å²) in [5, 5.41) is 0.722. The first kappa shape index (κ1) is 8.57. The topological polar surface area (TPSA) is 43.1 Å². The molecule has 1 fully saturated rings. The highest BCUT2D eigenvalue weighted by Gasteiger charge is 2.42. The Kier molecular flexibility index (Phi) is 2.00. The van der Waals surface area contributed by atoms with Gasteiger partial charge in [-0.3, -0.25) is 4.79 Å². The van der Waals surface area contributed by atoms with Crippen LogP contribution in [0.2, 0.25) is 5.02 Å². The highest BCUT2D eigenvalue weighted by Crippen LogP contribution is 2.47. The lowest BCUT2D eigenvalue weighted by molar-refractivity contribution is -0.119. The summed E-state index contributed by atoms with van der Waals surface area (Å²) in [6.07, 6.45) is 0.886. The van der Waals surface area contributed by atoms with Crippen molar-refractivity contribution in [2.24, 2.45) is 11.7 Å². The van der Waals surface area contributed by atoms with E-state index in [2.05, 4.69) is 0 Å². The van der Waals surface area contributed by atoms with E-state index in [-0.39, 0.29) is 11.8 Å². The Morgan fingerprint density at radius 1 is 1.38 bits per heavy atom. The van der Waals surface area contributed by atoms with Gasteiger partial charge in [0.25, 0.3) is 0 Å². The fourth-order valence-corrected chi connectivity index (χ4v) is 1.71. The van der Waals surface area contributed by atoms with Crippen molar-refractivity contribution in [3.8, 4) is 0 Å².